The topological polar surface area (TPSA) is 9.23 Å². The van der Waals surface area contributed by atoms with Crippen molar-refractivity contribution in [2.24, 2.45) is 0 Å². The highest BCUT2D eigenvalue weighted by molar-refractivity contribution is 5.80. The Bertz CT molecular complexity index is 822. The Kier molecular flexibility index (Phi) is 5.63. The molecule has 27 heavy (non-hydrogen) atoms. The Labute approximate surface area is 165 Å². The zero-order valence-electron chi connectivity index (χ0n) is 17.9. The third kappa shape index (κ3) is 4.35. The van der Waals surface area contributed by atoms with Crippen LogP contribution < -0.4 is 0 Å². The van der Waals surface area contributed by atoms with Gasteiger partial charge in [-0.2, -0.15) is 0 Å². The SMILES string of the molecule is COCCc1ccc(/C(C)=C/c2ccc3c(c2)C(C)(C)CCC3(C)C)cc1. The fourth-order valence-corrected chi connectivity index (χ4v) is 4.18. The van der Waals surface area contributed by atoms with E-state index in [0.29, 0.717) is 0 Å². The summed E-state index contributed by atoms with van der Waals surface area (Å²) in [7, 11) is 1.75. The van der Waals surface area contributed by atoms with Crippen molar-refractivity contribution in [3.05, 3.63) is 70.3 Å². The van der Waals surface area contributed by atoms with Gasteiger partial charge in [-0.3, -0.25) is 0 Å². The zero-order chi connectivity index (χ0) is 19.7. The molecule has 0 heterocycles. The molecule has 1 nitrogen and oxygen atoms in total. The monoisotopic (exact) mass is 362 g/mol. The molecule has 144 valence electrons. The average molecular weight is 363 g/mol. The summed E-state index contributed by atoms with van der Waals surface area (Å²) in [6.45, 7) is 12.5. The summed E-state index contributed by atoms with van der Waals surface area (Å²) < 4.78 is 5.17. The maximum absolute atomic E-state index is 5.17. The van der Waals surface area contributed by atoms with E-state index in [1.807, 2.05) is 0 Å². The number of methoxy groups -OCH3 is 1. The summed E-state index contributed by atoms with van der Waals surface area (Å²) >= 11 is 0. The first-order chi connectivity index (χ1) is 12.7. The van der Waals surface area contributed by atoms with Crippen molar-refractivity contribution in [3.63, 3.8) is 0 Å². The molecule has 1 heteroatoms. The number of rotatable bonds is 5. The average Bonchev–Trinajstić information content (AvgIpc) is 2.64. The molecule has 0 atom stereocenters. The number of allylic oxidation sites excluding steroid dienone is 1. The molecule has 0 saturated heterocycles. The molecule has 0 fully saturated rings. The minimum Gasteiger partial charge on any atom is -0.384 e. The van der Waals surface area contributed by atoms with Gasteiger partial charge in [-0.05, 0) is 70.4 Å². The quantitative estimate of drug-likeness (QED) is 0.532. The standard InChI is InChI=1S/C26H34O/c1-19(22-10-7-20(8-11-22)13-16-27-6)17-21-9-12-23-24(18-21)26(4,5)15-14-25(23,2)3/h7-12,17-18H,13-16H2,1-6H3/b19-17+. The molecule has 1 aliphatic rings. The first-order valence-corrected chi connectivity index (χ1v) is 10.1. The van der Waals surface area contributed by atoms with E-state index in [-0.39, 0.29) is 10.8 Å². The molecule has 0 bridgehead atoms. The lowest BCUT2D eigenvalue weighted by Crippen LogP contribution is -2.33. The second-order valence-electron chi connectivity index (χ2n) is 9.34. The van der Waals surface area contributed by atoms with Gasteiger partial charge in [0, 0.05) is 7.11 Å². The van der Waals surface area contributed by atoms with Crippen LogP contribution in [0, 0.1) is 0 Å². The van der Waals surface area contributed by atoms with Crippen molar-refractivity contribution in [1.29, 1.82) is 0 Å². The summed E-state index contributed by atoms with van der Waals surface area (Å²) in [6, 6.07) is 16.0. The van der Waals surface area contributed by atoms with Crippen LogP contribution in [0.25, 0.3) is 11.6 Å². The minimum atomic E-state index is 0.256. The largest absolute Gasteiger partial charge is 0.384 e. The van der Waals surface area contributed by atoms with Crippen LogP contribution in [0.5, 0.6) is 0 Å². The predicted molar refractivity (Wildman–Crippen MR) is 117 cm³/mol. The van der Waals surface area contributed by atoms with Crippen molar-refractivity contribution < 1.29 is 4.74 Å². The molecular weight excluding hydrogens is 328 g/mol. The van der Waals surface area contributed by atoms with Gasteiger partial charge in [0.25, 0.3) is 0 Å². The van der Waals surface area contributed by atoms with Gasteiger partial charge in [-0.1, -0.05) is 76.2 Å². The fraction of sp³-hybridized carbons (Fsp3) is 0.462. The van der Waals surface area contributed by atoms with Gasteiger partial charge in [0.2, 0.25) is 0 Å². The predicted octanol–water partition coefficient (Wildman–Crippen LogP) is 6.79. The van der Waals surface area contributed by atoms with E-state index in [2.05, 4.69) is 83.2 Å². The maximum Gasteiger partial charge on any atom is 0.0502 e. The highest BCUT2D eigenvalue weighted by Gasteiger charge is 2.36. The zero-order valence-corrected chi connectivity index (χ0v) is 17.9. The normalized spacial score (nSPS) is 18.2. The molecule has 0 unspecified atom stereocenters. The third-order valence-electron chi connectivity index (χ3n) is 6.26. The van der Waals surface area contributed by atoms with Gasteiger partial charge >= 0.3 is 0 Å². The molecule has 3 rings (SSSR count). The summed E-state index contributed by atoms with van der Waals surface area (Å²) in [5.74, 6) is 0. The van der Waals surface area contributed by atoms with Crippen LogP contribution in [0.15, 0.2) is 42.5 Å². The first-order valence-electron chi connectivity index (χ1n) is 10.1. The molecular formula is C26H34O. The summed E-state index contributed by atoms with van der Waals surface area (Å²) in [5.41, 5.74) is 8.80. The van der Waals surface area contributed by atoms with Crippen molar-refractivity contribution in [2.45, 2.75) is 64.7 Å². The minimum absolute atomic E-state index is 0.256. The van der Waals surface area contributed by atoms with Crippen LogP contribution in [0.4, 0.5) is 0 Å². The van der Waals surface area contributed by atoms with Gasteiger partial charge < -0.3 is 4.74 Å². The number of fused-ring (bicyclic) bond motifs is 1. The van der Waals surface area contributed by atoms with Crippen LogP contribution in [0.3, 0.4) is 0 Å². The Morgan fingerprint density at radius 2 is 1.56 bits per heavy atom. The Balaban J connectivity index is 1.89. The number of benzene rings is 2. The highest BCUT2D eigenvalue weighted by atomic mass is 16.5. The van der Waals surface area contributed by atoms with Gasteiger partial charge in [-0.25, -0.2) is 0 Å². The summed E-state index contributed by atoms with van der Waals surface area (Å²) in [5, 5.41) is 0. The van der Waals surface area contributed by atoms with E-state index in [0.717, 1.165) is 13.0 Å². The smallest absolute Gasteiger partial charge is 0.0502 e. The van der Waals surface area contributed by atoms with Crippen LogP contribution in [0.1, 0.15) is 75.3 Å². The molecule has 2 aromatic rings. The lowest BCUT2D eigenvalue weighted by atomic mass is 9.63. The highest BCUT2D eigenvalue weighted by Crippen LogP contribution is 2.46. The van der Waals surface area contributed by atoms with E-state index >= 15 is 0 Å². The van der Waals surface area contributed by atoms with Gasteiger partial charge in [0.15, 0.2) is 0 Å². The van der Waals surface area contributed by atoms with Crippen molar-refractivity contribution in [2.75, 3.05) is 13.7 Å². The molecule has 0 saturated carbocycles. The fourth-order valence-electron chi connectivity index (χ4n) is 4.18. The Morgan fingerprint density at radius 3 is 2.19 bits per heavy atom. The summed E-state index contributed by atoms with van der Waals surface area (Å²) in [4.78, 5) is 0. The molecule has 0 amide bonds. The molecule has 2 aromatic carbocycles. The molecule has 0 aromatic heterocycles. The van der Waals surface area contributed by atoms with Crippen molar-refractivity contribution in [3.8, 4) is 0 Å². The van der Waals surface area contributed by atoms with Gasteiger partial charge in [0.1, 0.15) is 0 Å². The second kappa shape index (κ2) is 7.64. The molecule has 0 spiro atoms. The maximum atomic E-state index is 5.17. The van der Waals surface area contributed by atoms with Crippen molar-refractivity contribution >= 4 is 11.6 Å². The molecule has 0 radical (unpaired) electrons. The second-order valence-corrected chi connectivity index (χ2v) is 9.34. The number of hydrogen-bond donors (Lipinski definition) is 0. The Hall–Kier alpha value is -1.86. The van der Waals surface area contributed by atoms with E-state index in [1.165, 1.54) is 46.2 Å². The van der Waals surface area contributed by atoms with Crippen LogP contribution in [-0.4, -0.2) is 13.7 Å². The third-order valence-corrected chi connectivity index (χ3v) is 6.26. The molecule has 1 aliphatic carbocycles. The van der Waals surface area contributed by atoms with E-state index in [1.54, 1.807) is 7.11 Å². The van der Waals surface area contributed by atoms with E-state index in [4.69, 9.17) is 4.74 Å². The van der Waals surface area contributed by atoms with Gasteiger partial charge in [0.05, 0.1) is 6.61 Å². The van der Waals surface area contributed by atoms with Crippen molar-refractivity contribution in [1.82, 2.24) is 0 Å². The molecule has 0 aliphatic heterocycles. The van der Waals surface area contributed by atoms with E-state index < -0.39 is 0 Å². The lowest BCUT2D eigenvalue weighted by molar-refractivity contribution is 0.202. The summed E-state index contributed by atoms with van der Waals surface area (Å²) in [6.07, 6.45) is 5.80. The van der Waals surface area contributed by atoms with Crippen LogP contribution in [-0.2, 0) is 22.0 Å². The van der Waals surface area contributed by atoms with E-state index in [9.17, 15) is 0 Å². The van der Waals surface area contributed by atoms with Gasteiger partial charge in [-0.15, -0.1) is 0 Å². The first kappa shape index (κ1) is 19.9. The lowest BCUT2D eigenvalue weighted by Gasteiger charge is -2.42. The number of ether oxygens (including phenoxy) is 1. The molecule has 0 N–H and O–H groups in total. The van der Waals surface area contributed by atoms with Crippen LogP contribution >= 0.6 is 0 Å². The van der Waals surface area contributed by atoms with Crippen LogP contribution in [0.2, 0.25) is 0 Å². The Morgan fingerprint density at radius 1 is 0.926 bits per heavy atom. The number of hydrogen-bond acceptors (Lipinski definition) is 1.